The van der Waals surface area contributed by atoms with E-state index in [0.29, 0.717) is 5.69 Å². The number of nitrogens with two attached hydrogens (primary N) is 1. The molecule has 3 rings (SSSR count). The Labute approximate surface area is 102 Å². The van der Waals surface area contributed by atoms with Gasteiger partial charge in [0.1, 0.15) is 11.5 Å². The number of hydrogen-bond acceptors (Lipinski definition) is 3. The van der Waals surface area contributed by atoms with Gasteiger partial charge in [0.2, 0.25) is 0 Å². The van der Waals surface area contributed by atoms with Gasteiger partial charge >= 0.3 is 0 Å². The Hall–Kier alpha value is -1.38. The van der Waals surface area contributed by atoms with E-state index in [0.717, 1.165) is 36.5 Å². The predicted molar refractivity (Wildman–Crippen MR) is 67.3 cm³/mol. The minimum atomic E-state index is 0.699. The molecular formula is C14H19NO2. The number of ether oxygens (including phenoxy) is 2. The van der Waals surface area contributed by atoms with Crippen LogP contribution in [0.15, 0.2) is 18.2 Å². The zero-order valence-corrected chi connectivity index (χ0v) is 10.0. The molecule has 0 radical (unpaired) electrons. The van der Waals surface area contributed by atoms with Gasteiger partial charge in [-0.2, -0.15) is 0 Å². The van der Waals surface area contributed by atoms with E-state index in [1.807, 2.05) is 18.2 Å². The van der Waals surface area contributed by atoms with Gasteiger partial charge in [0.15, 0.2) is 0 Å². The van der Waals surface area contributed by atoms with Gasteiger partial charge in [-0.05, 0) is 49.7 Å². The van der Waals surface area contributed by atoms with Crippen molar-refractivity contribution in [1.29, 1.82) is 0 Å². The molecule has 2 aliphatic rings. The molecule has 2 saturated carbocycles. The molecule has 2 fully saturated rings. The lowest BCUT2D eigenvalue weighted by molar-refractivity contribution is 0.286. The SMILES string of the molecule is Nc1ccc(OCC2CC2)cc1OCC1CC1. The zero-order chi connectivity index (χ0) is 11.7. The molecular weight excluding hydrogens is 214 g/mol. The summed E-state index contributed by atoms with van der Waals surface area (Å²) < 4.78 is 11.4. The summed E-state index contributed by atoms with van der Waals surface area (Å²) in [6.07, 6.45) is 5.19. The first-order valence-electron chi connectivity index (χ1n) is 6.46. The van der Waals surface area contributed by atoms with Crippen molar-refractivity contribution in [2.24, 2.45) is 11.8 Å². The summed E-state index contributed by atoms with van der Waals surface area (Å²) in [6, 6.07) is 5.70. The molecule has 0 heterocycles. The second-order valence-electron chi connectivity index (χ2n) is 5.21. The monoisotopic (exact) mass is 233 g/mol. The summed E-state index contributed by atoms with van der Waals surface area (Å²) in [4.78, 5) is 0. The topological polar surface area (TPSA) is 44.5 Å². The molecule has 0 atom stereocenters. The highest BCUT2D eigenvalue weighted by Gasteiger charge is 2.23. The van der Waals surface area contributed by atoms with Crippen LogP contribution in [0, 0.1) is 11.8 Å². The smallest absolute Gasteiger partial charge is 0.145 e. The van der Waals surface area contributed by atoms with Crippen LogP contribution in [0.25, 0.3) is 0 Å². The summed E-state index contributed by atoms with van der Waals surface area (Å²) in [7, 11) is 0. The fourth-order valence-corrected chi connectivity index (χ4v) is 1.72. The molecule has 0 unspecified atom stereocenters. The molecule has 0 amide bonds. The van der Waals surface area contributed by atoms with Crippen LogP contribution >= 0.6 is 0 Å². The van der Waals surface area contributed by atoms with E-state index >= 15 is 0 Å². The first-order chi connectivity index (χ1) is 8.31. The van der Waals surface area contributed by atoms with Crippen LogP contribution in [0.5, 0.6) is 11.5 Å². The lowest BCUT2D eigenvalue weighted by Crippen LogP contribution is -2.03. The summed E-state index contributed by atoms with van der Waals surface area (Å²) in [6.45, 7) is 1.61. The van der Waals surface area contributed by atoms with Crippen LogP contribution in [0.4, 0.5) is 5.69 Å². The van der Waals surface area contributed by atoms with Crippen molar-refractivity contribution in [3.63, 3.8) is 0 Å². The fourth-order valence-electron chi connectivity index (χ4n) is 1.72. The van der Waals surface area contributed by atoms with Gasteiger partial charge in [-0.1, -0.05) is 0 Å². The molecule has 2 N–H and O–H groups in total. The van der Waals surface area contributed by atoms with Crippen molar-refractivity contribution in [2.75, 3.05) is 18.9 Å². The Kier molecular flexibility index (Phi) is 2.83. The second-order valence-corrected chi connectivity index (χ2v) is 5.21. The van der Waals surface area contributed by atoms with E-state index in [1.54, 1.807) is 0 Å². The molecule has 0 spiro atoms. The molecule has 92 valence electrons. The van der Waals surface area contributed by atoms with E-state index in [1.165, 1.54) is 25.7 Å². The molecule has 0 bridgehead atoms. The van der Waals surface area contributed by atoms with E-state index in [9.17, 15) is 0 Å². The lowest BCUT2D eigenvalue weighted by Gasteiger charge is -2.11. The fraction of sp³-hybridized carbons (Fsp3) is 0.571. The average Bonchev–Trinajstić information content (AvgIpc) is 3.20. The van der Waals surface area contributed by atoms with Crippen LogP contribution in [-0.4, -0.2) is 13.2 Å². The van der Waals surface area contributed by atoms with Crippen molar-refractivity contribution in [2.45, 2.75) is 25.7 Å². The standard InChI is InChI=1S/C14H19NO2/c15-13-6-5-12(16-8-10-1-2-10)7-14(13)17-9-11-3-4-11/h5-7,10-11H,1-4,8-9,15H2. The minimum absolute atomic E-state index is 0.699. The first kappa shape index (κ1) is 10.8. The van der Waals surface area contributed by atoms with Gasteiger partial charge in [-0.3, -0.25) is 0 Å². The van der Waals surface area contributed by atoms with Crippen molar-refractivity contribution >= 4 is 5.69 Å². The molecule has 3 heteroatoms. The molecule has 17 heavy (non-hydrogen) atoms. The van der Waals surface area contributed by atoms with E-state index in [4.69, 9.17) is 15.2 Å². The second kappa shape index (κ2) is 4.47. The maximum atomic E-state index is 5.88. The zero-order valence-electron chi connectivity index (χ0n) is 10.0. The third kappa shape index (κ3) is 3.05. The average molecular weight is 233 g/mol. The Bertz CT molecular complexity index is 397. The maximum absolute atomic E-state index is 5.88. The van der Waals surface area contributed by atoms with Gasteiger partial charge in [0, 0.05) is 6.07 Å². The number of hydrogen-bond donors (Lipinski definition) is 1. The van der Waals surface area contributed by atoms with E-state index in [2.05, 4.69) is 0 Å². The highest BCUT2D eigenvalue weighted by atomic mass is 16.5. The third-order valence-corrected chi connectivity index (χ3v) is 3.34. The predicted octanol–water partition coefficient (Wildman–Crippen LogP) is 2.85. The molecule has 1 aromatic carbocycles. The molecule has 0 saturated heterocycles. The van der Waals surface area contributed by atoms with Gasteiger partial charge in [-0.25, -0.2) is 0 Å². The minimum Gasteiger partial charge on any atom is -0.493 e. The number of anilines is 1. The third-order valence-electron chi connectivity index (χ3n) is 3.34. The van der Waals surface area contributed by atoms with Crippen molar-refractivity contribution in [3.8, 4) is 11.5 Å². The van der Waals surface area contributed by atoms with Crippen LogP contribution in [-0.2, 0) is 0 Å². The van der Waals surface area contributed by atoms with Crippen LogP contribution in [0.1, 0.15) is 25.7 Å². The summed E-state index contributed by atoms with van der Waals surface area (Å²) in [5.74, 6) is 3.15. The summed E-state index contributed by atoms with van der Waals surface area (Å²) in [5.41, 5.74) is 6.58. The Morgan fingerprint density at radius 1 is 1.00 bits per heavy atom. The van der Waals surface area contributed by atoms with Gasteiger partial charge in [0.05, 0.1) is 18.9 Å². The first-order valence-corrected chi connectivity index (χ1v) is 6.46. The Morgan fingerprint density at radius 2 is 1.65 bits per heavy atom. The molecule has 2 aliphatic carbocycles. The number of nitrogen functional groups attached to an aromatic ring is 1. The molecule has 0 aromatic heterocycles. The summed E-state index contributed by atoms with van der Waals surface area (Å²) in [5, 5.41) is 0. The molecule has 0 aliphatic heterocycles. The number of benzene rings is 1. The normalized spacial score (nSPS) is 19.1. The lowest BCUT2D eigenvalue weighted by atomic mass is 10.3. The van der Waals surface area contributed by atoms with Crippen LogP contribution < -0.4 is 15.2 Å². The highest BCUT2D eigenvalue weighted by molar-refractivity contribution is 5.55. The van der Waals surface area contributed by atoms with Crippen LogP contribution in [0.3, 0.4) is 0 Å². The van der Waals surface area contributed by atoms with Gasteiger partial charge in [-0.15, -0.1) is 0 Å². The Balaban J connectivity index is 1.60. The largest absolute Gasteiger partial charge is 0.493 e. The van der Waals surface area contributed by atoms with Crippen LogP contribution in [0.2, 0.25) is 0 Å². The van der Waals surface area contributed by atoms with Crippen molar-refractivity contribution in [1.82, 2.24) is 0 Å². The summed E-state index contributed by atoms with van der Waals surface area (Å²) >= 11 is 0. The maximum Gasteiger partial charge on any atom is 0.145 e. The van der Waals surface area contributed by atoms with Gasteiger partial charge in [0.25, 0.3) is 0 Å². The van der Waals surface area contributed by atoms with E-state index in [-0.39, 0.29) is 0 Å². The van der Waals surface area contributed by atoms with E-state index < -0.39 is 0 Å². The number of rotatable bonds is 6. The molecule has 1 aromatic rings. The van der Waals surface area contributed by atoms with Gasteiger partial charge < -0.3 is 15.2 Å². The Morgan fingerprint density at radius 3 is 2.29 bits per heavy atom. The van der Waals surface area contributed by atoms with Crippen molar-refractivity contribution < 1.29 is 9.47 Å². The molecule has 3 nitrogen and oxygen atoms in total. The highest BCUT2D eigenvalue weighted by Crippen LogP contribution is 2.34. The quantitative estimate of drug-likeness (QED) is 0.768. The van der Waals surface area contributed by atoms with Crippen molar-refractivity contribution in [3.05, 3.63) is 18.2 Å².